The van der Waals surface area contributed by atoms with E-state index in [4.69, 9.17) is 0 Å². The highest BCUT2D eigenvalue weighted by molar-refractivity contribution is 7.92. The van der Waals surface area contributed by atoms with Crippen molar-refractivity contribution in [3.63, 3.8) is 0 Å². The van der Waals surface area contributed by atoms with Gasteiger partial charge in [0.05, 0.1) is 10.1 Å². The molecule has 0 spiro atoms. The third-order valence-corrected chi connectivity index (χ3v) is 6.51. The van der Waals surface area contributed by atoms with E-state index in [-0.39, 0.29) is 12.5 Å². The topological polar surface area (TPSA) is 54.5 Å². The third kappa shape index (κ3) is 3.01. The Kier molecular flexibility index (Phi) is 4.22. The Morgan fingerprint density at radius 2 is 1.70 bits per heavy atom. The minimum Gasteiger partial charge on any atom is -0.337 e. The molecule has 0 bridgehead atoms. The Bertz CT molecular complexity index is 815. The Hall–Kier alpha value is -2.14. The lowest BCUT2D eigenvalue weighted by Gasteiger charge is -2.18. The van der Waals surface area contributed by atoms with Gasteiger partial charge in [-0.25, -0.2) is 8.42 Å². The van der Waals surface area contributed by atoms with Crippen molar-refractivity contribution in [3.05, 3.63) is 65.7 Å². The van der Waals surface area contributed by atoms with Gasteiger partial charge in [-0.05, 0) is 37.1 Å². The van der Waals surface area contributed by atoms with Crippen LogP contribution in [0.5, 0.6) is 0 Å². The molecule has 0 saturated carbocycles. The highest BCUT2D eigenvalue weighted by atomic mass is 32.2. The molecule has 3 rings (SSSR count). The van der Waals surface area contributed by atoms with Crippen LogP contribution in [0.25, 0.3) is 0 Å². The van der Waals surface area contributed by atoms with E-state index in [9.17, 15) is 13.2 Å². The molecule has 0 aromatic heterocycles. The first-order valence-corrected chi connectivity index (χ1v) is 9.18. The van der Waals surface area contributed by atoms with Crippen LogP contribution in [0.2, 0.25) is 0 Å². The molecule has 1 heterocycles. The predicted molar refractivity (Wildman–Crippen MR) is 89.1 cm³/mol. The van der Waals surface area contributed by atoms with Crippen molar-refractivity contribution in [2.45, 2.75) is 23.5 Å². The lowest BCUT2D eigenvalue weighted by Crippen LogP contribution is -2.32. The van der Waals surface area contributed by atoms with Gasteiger partial charge >= 0.3 is 0 Å². The summed E-state index contributed by atoms with van der Waals surface area (Å²) in [5.41, 5.74) is 1.55. The number of rotatable bonds is 3. The summed E-state index contributed by atoms with van der Waals surface area (Å²) in [5, 5.41) is -0.530. The van der Waals surface area contributed by atoms with E-state index in [1.165, 1.54) is 0 Å². The minimum atomic E-state index is -3.39. The number of likely N-dealkylation sites (tertiary alicyclic amines) is 1. The van der Waals surface area contributed by atoms with E-state index < -0.39 is 15.1 Å². The average molecular weight is 329 g/mol. The Morgan fingerprint density at radius 1 is 1.04 bits per heavy atom. The maximum Gasteiger partial charge on any atom is 0.254 e. The molecular formula is C18H19NO3S. The van der Waals surface area contributed by atoms with E-state index in [1.54, 1.807) is 41.3 Å². The standard InChI is InChI=1S/C18H19NO3S/c1-14-7-5-6-10-17(14)18(20)19-12-11-16(13-19)23(21,22)15-8-3-2-4-9-15/h2-10,16H,11-13H2,1H3. The lowest BCUT2D eigenvalue weighted by atomic mass is 10.1. The molecule has 0 radical (unpaired) electrons. The number of sulfone groups is 1. The van der Waals surface area contributed by atoms with Crippen molar-refractivity contribution in [2.75, 3.05) is 13.1 Å². The number of nitrogens with zero attached hydrogens (tertiary/aromatic N) is 1. The molecule has 1 fully saturated rings. The van der Waals surface area contributed by atoms with Gasteiger partial charge in [0.2, 0.25) is 0 Å². The van der Waals surface area contributed by atoms with Gasteiger partial charge < -0.3 is 4.90 Å². The average Bonchev–Trinajstić information content (AvgIpc) is 3.06. The molecular weight excluding hydrogens is 310 g/mol. The summed E-state index contributed by atoms with van der Waals surface area (Å²) < 4.78 is 25.3. The van der Waals surface area contributed by atoms with Crippen LogP contribution < -0.4 is 0 Å². The molecule has 0 aliphatic carbocycles. The van der Waals surface area contributed by atoms with Crippen LogP contribution in [0.3, 0.4) is 0 Å². The molecule has 1 amide bonds. The second kappa shape index (κ2) is 6.16. The van der Waals surface area contributed by atoms with Gasteiger partial charge in [0.15, 0.2) is 9.84 Å². The van der Waals surface area contributed by atoms with Crippen LogP contribution in [0.15, 0.2) is 59.5 Å². The molecule has 23 heavy (non-hydrogen) atoms. The molecule has 4 nitrogen and oxygen atoms in total. The number of benzene rings is 2. The molecule has 1 aliphatic rings. The van der Waals surface area contributed by atoms with Crippen molar-refractivity contribution in [3.8, 4) is 0 Å². The van der Waals surface area contributed by atoms with Crippen molar-refractivity contribution >= 4 is 15.7 Å². The Balaban J connectivity index is 1.79. The molecule has 1 aliphatic heterocycles. The van der Waals surface area contributed by atoms with Crippen LogP contribution in [0.1, 0.15) is 22.3 Å². The van der Waals surface area contributed by atoms with Gasteiger partial charge in [-0.3, -0.25) is 4.79 Å². The fourth-order valence-corrected chi connectivity index (χ4v) is 4.67. The van der Waals surface area contributed by atoms with Crippen molar-refractivity contribution in [1.29, 1.82) is 0 Å². The van der Waals surface area contributed by atoms with Crippen molar-refractivity contribution in [1.82, 2.24) is 4.90 Å². The number of carbonyl (C=O) groups excluding carboxylic acids is 1. The lowest BCUT2D eigenvalue weighted by molar-refractivity contribution is 0.0792. The summed E-state index contributed by atoms with van der Waals surface area (Å²) in [6, 6.07) is 15.9. The van der Waals surface area contributed by atoms with Crippen LogP contribution in [0.4, 0.5) is 0 Å². The van der Waals surface area contributed by atoms with Gasteiger partial charge in [-0.15, -0.1) is 0 Å². The predicted octanol–water partition coefficient (Wildman–Crippen LogP) is 2.68. The first kappa shape index (κ1) is 15.7. The number of aryl methyl sites for hydroxylation is 1. The minimum absolute atomic E-state index is 0.0890. The third-order valence-electron chi connectivity index (χ3n) is 4.32. The van der Waals surface area contributed by atoms with E-state index >= 15 is 0 Å². The SMILES string of the molecule is Cc1ccccc1C(=O)N1CCC(S(=O)(=O)c2ccccc2)C1. The monoisotopic (exact) mass is 329 g/mol. The van der Waals surface area contributed by atoms with Gasteiger partial charge in [0, 0.05) is 18.7 Å². The molecule has 1 saturated heterocycles. The largest absolute Gasteiger partial charge is 0.337 e. The molecule has 2 aromatic rings. The normalized spacial score (nSPS) is 18.1. The van der Waals surface area contributed by atoms with Gasteiger partial charge in [0.1, 0.15) is 0 Å². The molecule has 2 aromatic carbocycles. The second-order valence-electron chi connectivity index (χ2n) is 5.83. The summed E-state index contributed by atoms with van der Waals surface area (Å²) in [4.78, 5) is 14.6. The first-order chi connectivity index (χ1) is 11.0. The van der Waals surface area contributed by atoms with Crippen molar-refractivity contribution in [2.24, 2.45) is 0 Å². The number of hydrogen-bond acceptors (Lipinski definition) is 3. The van der Waals surface area contributed by atoms with Gasteiger partial charge in [-0.2, -0.15) is 0 Å². The maximum atomic E-state index is 12.7. The summed E-state index contributed by atoms with van der Waals surface area (Å²) in [5.74, 6) is -0.0890. The highest BCUT2D eigenvalue weighted by Crippen LogP contribution is 2.25. The number of hydrogen-bond donors (Lipinski definition) is 0. The van der Waals surface area contributed by atoms with E-state index in [1.807, 2.05) is 25.1 Å². The molecule has 1 atom stereocenters. The van der Waals surface area contributed by atoms with Crippen LogP contribution in [-0.4, -0.2) is 37.6 Å². The second-order valence-corrected chi connectivity index (χ2v) is 8.06. The fourth-order valence-electron chi connectivity index (χ4n) is 2.95. The zero-order valence-electron chi connectivity index (χ0n) is 13.0. The highest BCUT2D eigenvalue weighted by Gasteiger charge is 2.36. The summed E-state index contributed by atoms with van der Waals surface area (Å²) >= 11 is 0. The number of amides is 1. The van der Waals surface area contributed by atoms with Crippen LogP contribution >= 0.6 is 0 Å². The van der Waals surface area contributed by atoms with E-state index in [0.29, 0.717) is 23.4 Å². The quantitative estimate of drug-likeness (QED) is 0.870. The smallest absolute Gasteiger partial charge is 0.254 e. The Morgan fingerprint density at radius 3 is 2.39 bits per heavy atom. The maximum absolute atomic E-state index is 12.7. The van der Waals surface area contributed by atoms with Gasteiger partial charge in [-0.1, -0.05) is 36.4 Å². The Labute approximate surface area is 136 Å². The number of carbonyl (C=O) groups is 1. The van der Waals surface area contributed by atoms with Crippen LogP contribution in [-0.2, 0) is 9.84 Å². The molecule has 5 heteroatoms. The first-order valence-electron chi connectivity index (χ1n) is 7.64. The zero-order valence-corrected chi connectivity index (χ0v) is 13.8. The van der Waals surface area contributed by atoms with Crippen molar-refractivity contribution < 1.29 is 13.2 Å². The summed E-state index contributed by atoms with van der Waals surface area (Å²) in [7, 11) is -3.39. The van der Waals surface area contributed by atoms with E-state index in [2.05, 4.69) is 0 Å². The summed E-state index contributed by atoms with van der Waals surface area (Å²) in [6.45, 7) is 2.62. The summed E-state index contributed by atoms with van der Waals surface area (Å²) in [6.07, 6.45) is 0.481. The van der Waals surface area contributed by atoms with Gasteiger partial charge in [0.25, 0.3) is 5.91 Å². The zero-order chi connectivity index (χ0) is 16.4. The molecule has 0 N–H and O–H groups in total. The molecule has 120 valence electrons. The molecule has 1 unspecified atom stereocenters. The van der Waals surface area contributed by atoms with E-state index in [0.717, 1.165) is 5.56 Å². The van der Waals surface area contributed by atoms with Crippen LogP contribution in [0, 0.1) is 6.92 Å². The fraction of sp³-hybridized carbons (Fsp3) is 0.278.